The van der Waals surface area contributed by atoms with E-state index in [2.05, 4.69) is 37.3 Å². The van der Waals surface area contributed by atoms with Gasteiger partial charge in [0.2, 0.25) is 5.95 Å². The molecule has 31 heavy (non-hydrogen) atoms. The second-order valence-corrected chi connectivity index (χ2v) is 8.31. The van der Waals surface area contributed by atoms with Gasteiger partial charge >= 0.3 is 6.09 Å². The van der Waals surface area contributed by atoms with E-state index in [0.717, 1.165) is 33.8 Å². The Kier molecular flexibility index (Phi) is 6.55. The summed E-state index contributed by atoms with van der Waals surface area (Å²) in [4.78, 5) is 20.7. The van der Waals surface area contributed by atoms with Crippen LogP contribution in [0.5, 0.6) is 0 Å². The summed E-state index contributed by atoms with van der Waals surface area (Å²) < 4.78 is 6.95. The SMILES string of the molecule is Cc1cc(-c2ccnc(Nc3cn(C)nc3C)n2)ccc1CNNC(=O)OC(C)(C)C. The van der Waals surface area contributed by atoms with E-state index in [1.807, 2.05) is 66.1 Å². The number of hydrogen-bond donors (Lipinski definition) is 3. The van der Waals surface area contributed by atoms with Crippen molar-refractivity contribution < 1.29 is 9.53 Å². The highest BCUT2D eigenvalue weighted by Crippen LogP contribution is 2.23. The number of hydrazine groups is 1. The zero-order valence-corrected chi connectivity index (χ0v) is 18.8. The monoisotopic (exact) mass is 423 g/mol. The Hall–Kier alpha value is -3.46. The van der Waals surface area contributed by atoms with Gasteiger partial charge in [-0.15, -0.1) is 0 Å². The number of aryl methyl sites for hydroxylation is 3. The molecule has 0 spiro atoms. The number of ether oxygens (including phenoxy) is 1. The number of amides is 1. The Morgan fingerprint density at radius 3 is 2.61 bits per heavy atom. The fourth-order valence-corrected chi connectivity index (χ4v) is 2.99. The van der Waals surface area contributed by atoms with Gasteiger partial charge in [-0.1, -0.05) is 12.1 Å². The van der Waals surface area contributed by atoms with E-state index in [1.54, 1.807) is 10.9 Å². The lowest BCUT2D eigenvalue weighted by molar-refractivity contribution is 0.0497. The fourth-order valence-electron chi connectivity index (χ4n) is 2.99. The highest BCUT2D eigenvalue weighted by atomic mass is 16.6. The topological polar surface area (TPSA) is 106 Å². The van der Waals surface area contributed by atoms with Crippen molar-refractivity contribution in [2.75, 3.05) is 5.32 Å². The van der Waals surface area contributed by atoms with E-state index in [-0.39, 0.29) is 0 Å². The van der Waals surface area contributed by atoms with Gasteiger partial charge in [-0.3, -0.25) is 10.1 Å². The van der Waals surface area contributed by atoms with Gasteiger partial charge in [-0.05, 0) is 57.9 Å². The lowest BCUT2D eigenvalue weighted by Crippen LogP contribution is -2.40. The zero-order chi connectivity index (χ0) is 22.6. The second-order valence-electron chi connectivity index (χ2n) is 8.31. The normalized spacial score (nSPS) is 11.3. The molecule has 3 aromatic rings. The summed E-state index contributed by atoms with van der Waals surface area (Å²) in [5.74, 6) is 0.513. The maximum absolute atomic E-state index is 11.7. The quantitative estimate of drug-likeness (QED) is 0.518. The molecule has 1 amide bonds. The van der Waals surface area contributed by atoms with Crippen LogP contribution in [0.3, 0.4) is 0 Å². The minimum absolute atomic E-state index is 0.474. The van der Waals surface area contributed by atoms with Crippen molar-refractivity contribution in [2.45, 2.75) is 46.8 Å². The van der Waals surface area contributed by atoms with Crippen LogP contribution in [-0.4, -0.2) is 31.4 Å². The number of anilines is 2. The van der Waals surface area contributed by atoms with Gasteiger partial charge in [0.05, 0.1) is 17.1 Å². The van der Waals surface area contributed by atoms with Gasteiger partial charge in [0.1, 0.15) is 5.60 Å². The Morgan fingerprint density at radius 2 is 1.97 bits per heavy atom. The predicted octanol–water partition coefficient (Wildman–Crippen LogP) is 3.77. The zero-order valence-electron chi connectivity index (χ0n) is 18.8. The maximum atomic E-state index is 11.7. The van der Waals surface area contributed by atoms with Crippen LogP contribution >= 0.6 is 0 Å². The molecule has 9 nitrogen and oxygen atoms in total. The van der Waals surface area contributed by atoms with Gasteiger partial charge < -0.3 is 10.1 Å². The van der Waals surface area contributed by atoms with Crippen LogP contribution in [0.2, 0.25) is 0 Å². The summed E-state index contributed by atoms with van der Waals surface area (Å²) in [5.41, 5.74) is 10.6. The number of nitrogens with zero attached hydrogens (tertiary/aromatic N) is 4. The highest BCUT2D eigenvalue weighted by molar-refractivity contribution is 5.67. The summed E-state index contributed by atoms with van der Waals surface area (Å²) in [6.07, 6.45) is 3.11. The predicted molar refractivity (Wildman–Crippen MR) is 120 cm³/mol. The summed E-state index contributed by atoms with van der Waals surface area (Å²) in [6.45, 7) is 9.89. The van der Waals surface area contributed by atoms with E-state index >= 15 is 0 Å². The molecule has 9 heteroatoms. The number of benzene rings is 1. The summed E-state index contributed by atoms with van der Waals surface area (Å²) >= 11 is 0. The van der Waals surface area contributed by atoms with Gasteiger partial charge in [-0.25, -0.2) is 20.2 Å². The average Bonchev–Trinajstić information content (AvgIpc) is 2.98. The van der Waals surface area contributed by atoms with Crippen molar-refractivity contribution in [1.82, 2.24) is 30.6 Å². The Morgan fingerprint density at radius 1 is 1.19 bits per heavy atom. The minimum Gasteiger partial charge on any atom is -0.443 e. The molecule has 2 aromatic heterocycles. The van der Waals surface area contributed by atoms with E-state index in [1.165, 1.54) is 0 Å². The lowest BCUT2D eigenvalue weighted by Gasteiger charge is -2.20. The molecule has 0 atom stereocenters. The standard InChI is InChI=1S/C22H29N7O2/c1-14-11-16(7-8-17(14)12-24-27-21(30)31-22(3,4)5)18-9-10-23-20(25-18)26-19-13-29(6)28-15(19)2/h7-11,13,24H,12H2,1-6H3,(H,27,30)(H,23,25,26). The number of nitrogens with one attached hydrogen (secondary N) is 3. The van der Waals surface area contributed by atoms with E-state index in [0.29, 0.717) is 12.5 Å². The minimum atomic E-state index is -0.537. The molecule has 164 valence electrons. The average molecular weight is 424 g/mol. The molecule has 0 fully saturated rings. The van der Waals surface area contributed by atoms with Crippen molar-refractivity contribution in [1.29, 1.82) is 0 Å². The summed E-state index contributed by atoms with van der Waals surface area (Å²) in [7, 11) is 1.87. The molecular formula is C22H29N7O2. The fraction of sp³-hybridized carbons (Fsp3) is 0.364. The van der Waals surface area contributed by atoms with Gasteiger partial charge in [0.25, 0.3) is 0 Å². The molecule has 0 aliphatic carbocycles. The molecular weight excluding hydrogens is 394 g/mol. The Balaban J connectivity index is 1.65. The molecule has 0 unspecified atom stereocenters. The molecule has 0 aliphatic rings. The van der Waals surface area contributed by atoms with Crippen LogP contribution in [0.15, 0.2) is 36.7 Å². The first kappa shape index (κ1) is 22.2. The van der Waals surface area contributed by atoms with Crippen molar-refractivity contribution in [3.63, 3.8) is 0 Å². The van der Waals surface area contributed by atoms with Crippen LogP contribution in [0.1, 0.15) is 37.6 Å². The molecule has 1 aromatic carbocycles. The third-order valence-electron chi connectivity index (χ3n) is 4.42. The van der Waals surface area contributed by atoms with E-state index < -0.39 is 11.7 Å². The highest BCUT2D eigenvalue weighted by Gasteiger charge is 2.15. The first-order chi connectivity index (χ1) is 14.6. The van der Waals surface area contributed by atoms with Gasteiger partial charge in [0.15, 0.2) is 0 Å². The van der Waals surface area contributed by atoms with Crippen LogP contribution in [-0.2, 0) is 18.3 Å². The molecule has 0 saturated heterocycles. The molecule has 0 aliphatic heterocycles. The van der Waals surface area contributed by atoms with Crippen LogP contribution < -0.4 is 16.2 Å². The summed E-state index contributed by atoms with van der Waals surface area (Å²) in [5, 5.41) is 7.54. The number of hydrogen-bond acceptors (Lipinski definition) is 7. The Bertz CT molecular complexity index is 1070. The maximum Gasteiger partial charge on any atom is 0.422 e. The Labute approximate surface area is 182 Å². The molecule has 0 bridgehead atoms. The third kappa shape index (κ3) is 6.26. The second kappa shape index (κ2) is 9.13. The first-order valence-corrected chi connectivity index (χ1v) is 10.0. The largest absolute Gasteiger partial charge is 0.443 e. The number of rotatable bonds is 6. The number of carbonyl (C=O) groups is 1. The smallest absolute Gasteiger partial charge is 0.422 e. The number of carbonyl (C=O) groups excluding carboxylic acids is 1. The molecule has 0 saturated carbocycles. The third-order valence-corrected chi connectivity index (χ3v) is 4.42. The van der Waals surface area contributed by atoms with E-state index in [4.69, 9.17) is 4.74 Å². The molecule has 0 radical (unpaired) electrons. The van der Waals surface area contributed by atoms with Crippen molar-refractivity contribution in [3.05, 3.63) is 53.5 Å². The van der Waals surface area contributed by atoms with Crippen molar-refractivity contribution in [2.24, 2.45) is 7.05 Å². The van der Waals surface area contributed by atoms with Crippen molar-refractivity contribution in [3.8, 4) is 11.3 Å². The van der Waals surface area contributed by atoms with Crippen LogP contribution in [0, 0.1) is 13.8 Å². The molecule has 2 heterocycles. The van der Waals surface area contributed by atoms with Gasteiger partial charge in [-0.2, -0.15) is 5.10 Å². The first-order valence-electron chi connectivity index (χ1n) is 10.0. The lowest BCUT2D eigenvalue weighted by atomic mass is 10.0. The summed E-state index contributed by atoms with van der Waals surface area (Å²) in [6, 6.07) is 7.94. The van der Waals surface area contributed by atoms with Crippen molar-refractivity contribution >= 4 is 17.7 Å². The number of aromatic nitrogens is 4. The molecule has 3 N–H and O–H groups in total. The van der Waals surface area contributed by atoms with Gasteiger partial charge in [0, 0.05) is 31.5 Å². The van der Waals surface area contributed by atoms with Crippen LogP contribution in [0.4, 0.5) is 16.4 Å². The molecule has 3 rings (SSSR count). The van der Waals surface area contributed by atoms with Crippen LogP contribution in [0.25, 0.3) is 11.3 Å². The van der Waals surface area contributed by atoms with E-state index in [9.17, 15) is 4.79 Å².